The fourth-order valence-corrected chi connectivity index (χ4v) is 4.43. The second-order valence-corrected chi connectivity index (χ2v) is 8.40. The normalized spacial score (nSPS) is 12.7. The number of carbonyl (C=O) groups is 1. The predicted molar refractivity (Wildman–Crippen MR) is 105 cm³/mol. The number of carbonyl (C=O) groups excluding carboxylic acids is 1. The van der Waals surface area contributed by atoms with Gasteiger partial charge in [0.15, 0.2) is 0 Å². The van der Waals surface area contributed by atoms with E-state index in [1.165, 1.54) is 25.1 Å². The molecule has 0 saturated heterocycles. The van der Waals surface area contributed by atoms with Crippen LogP contribution in [0.15, 0.2) is 41.3 Å². The third-order valence-electron chi connectivity index (χ3n) is 3.90. The van der Waals surface area contributed by atoms with Crippen molar-refractivity contribution >= 4 is 44.8 Å². The summed E-state index contributed by atoms with van der Waals surface area (Å²) in [6.07, 6.45) is 0.746. The van der Waals surface area contributed by atoms with E-state index < -0.39 is 22.0 Å². The Kier molecular flexibility index (Phi) is 6.69. The van der Waals surface area contributed by atoms with Crippen LogP contribution < -0.4 is 10.0 Å². The maximum atomic E-state index is 12.5. The number of nitrogens with one attached hydrogen (secondary N) is 2. The number of hydrogen-bond acceptors (Lipinski definition) is 3. The van der Waals surface area contributed by atoms with E-state index in [1.807, 2.05) is 32.0 Å². The Bertz CT molecular complexity index is 930. The van der Waals surface area contributed by atoms with Gasteiger partial charge in [-0.15, -0.1) is 0 Å². The van der Waals surface area contributed by atoms with Gasteiger partial charge in [0, 0.05) is 10.7 Å². The van der Waals surface area contributed by atoms with Gasteiger partial charge in [0.1, 0.15) is 4.90 Å². The van der Waals surface area contributed by atoms with Crippen LogP contribution in [0.1, 0.15) is 25.0 Å². The number of rotatable bonds is 6. The first kappa shape index (κ1) is 20.7. The van der Waals surface area contributed by atoms with E-state index in [0.29, 0.717) is 5.69 Å². The topological polar surface area (TPSA) is 75.3 Å². The number of hydrogen-bond donors (Lipinski definition) is 2. The van der Waals surface area contributed by atoms with Crippen LogP contribution in [0.3, 0.4) is 0 Å². The minimum atomic E-state index is -4.00. The second-order valence-electron chi connectivity index (χ2n) is 5.87. The molecule has 2 N–H and O–H groups in total. The Balaban J connectivity index is 2.20. The molecule has 0 aromatic heterocycles. The summed E-state index contributed by atoms with van der Waals surface area (Å²) in [5, 5.41) is 3.07. The van der Waals surface area contributed by atoms with Crippen LogP contribution in [-0.2, 0) is 21.2 Å². The lowest BCUT2D eigenvalue weighted by Crippen LogP contribution is -2.41. The first-order chi connectivity index (χ1) is 12.2. The third-order valence-corrected chi connectivity index (χ3v) is 6.15. The average molecular weight is 415 g/mol. The molecule has 0 spiro atoms. The molecule has 1 atom stereocenters. The molecule has 0 heterocycles. The van der Waals surface area contributed by atoms with E-state index in [-0.39, 0.29) is 14.9 Å². The van der Waals surface area contributed by atoms with Gasteiger partial charge in [-0.1, -0.05) is 48.3 Å². The summed E-state index contributed by atoms with van der Waals surface area (Å²) < 4.78 is 27.4. The summed E-state index contributed by atoms with van der Waals surface area (Å²) in [7, 11) is -4.00. The van der Waals surface area contributed by atoms with E-state index in [4.69, 9.17) is 23.2 Å². The van der Waals surface area contributed by atoms with Gasteiger partial charge in [-0.3, -0.25) is 4.79 Å². The highest BCUT2D eigenvalue weighted by Gasteiger charge is 2.25. The Labute approximate surface area is 163 Å². The quantitative estimate of drug-likeness (QED) is 0.744. The first-order valence-corrected chi connectivity index (χ1v) is 10.3. The lowest BCUT2D eigenvalue weighted by atomic mass is 10.1. The smallest absolute Gasteiger partial charge is 0.242 e. The van der Waals surface area contributed by atoms with Gasteiger partial charge < -0.3 is 5.32 Å². The van der Waals surface area contributed by atoms with Crippen molar-refractivity contribution in [3.8, 4) is 0 Å². The van der Waals surface area contributed by atoms with Crippen molar-refractivity contribution in [1.29, 1.82) is 0 Å². The lowest BCUT2D eigenvalue weighted by molar-refractivity contribution is -0.117. The summed E-state index contributed by atoms with van der Waals surface area (Å²) >= 11 is 11.8. The van der Waals surface area contributed by atoms with E-state index >= 15 is 0 Å². The number of halogens is 2. The Morgan fingerprint density at radius 1 is 1.19 bits per heavy atom. The molecule has 0 aliphatic heterocycles. The van der Waals surface area contributed by atoms with Crippen LogP contribution in [0.4, 0.5) is 5.69 Å². The molecule has 0 aliphatic carbocycles. The summed E-state index contributed by atoms with van der Waals surface area (Å²) in [5.74, 6) is -0.462. The first-order valence-electron chi connectivity index (χ1n) is 8.02. The molecule has 2 rings (SSSR count). The van der Waals surface area contributed by atoms with E-state index in [1.54, 1.807) is 0 Å². The second kappa shape index (κ2) is 8.39. The van der Waals surface area contributed by atoms with Crippen molar-refractivity contribution in [2.24, 2.45) is 0 Å². The van der Waals surface area contributed by atoms with Crippen LogP contribution in [0.5, 0.6) is 0 Å². The molecule has 140 valence electrons. The molecular weight excluding hydrogens is 395 g/mol. The standard InChI is InChI=1S/C18H20Cl2N2O3S/c1-4-13-7-5-6-11(2)17(13)21-18(23)12(3)22-26(24,25)16-10-14(19)8-9-15(16)20/h5-10,12,22H,4H2,1-3H3,(H,21,23). The van der Waals surface area contributed by atoms with Crippen molar-refractivity contribution in [1.82, 2.24) is 4.72 Å². The van der Waals surface area contributed by atoms with Gasteiger partial charge >= 0.3 is 0 Å². The minimum absolute atomic E-state index is 0.0293. The molecule has 2 aromatic rings. The number of anilines is 1. The molecule has 1 unspecified atom stereocenters. The maximum Gasteiger partial charge on any atom is 0.242 e. The molecule has 0 aliphatic rings. The van der Waals surface area contributed by atoms with Gasteiger partial charge in [0.05, 0.1) is 11.1 Å². The highest BCUT2D eigenvalue weighted by molar-refractivity contribution is 7.89. The molecule has 5 nitrogen and oxygen atoms in total. The van der Waals surface area contributed by atoms with Crippen LogP contribution in [0.25, 0.3) is 0 Å². The van der Waals surface area contributed by atoms with Crippen molar-refractivity contribution in [3.63, 3.8) is 0 Å². The van der Waals surface area contributed by atoms with Crippen LogP contribution >= 0.6 is 23.2 Å². The van der Waals surface area contributed by atoms with Crippen molar-refractivity contribution < 1.29 is 13.2 Å². The van der Waals surface area contributed by atoms with Gasteiger partial charge in [-0.25, -0.2) is 8.42 Å². The number of para-hydroxylation sites is 1. The SMILES string of the molecule is CCc1cccc(C)c1NC(=O)C(C)NS(=O)(=O)c1cc(Cl)ccc1Cl. The maximum absolute atomic E-state index is 12.5. The highest BCUT2D eigenvalue weighted by Crippen LogP contribution is 2.25. The van der Waals surface area contributed by atoms with Crippen LogP contribution in [0, 0.1) is 6.92 Å². The van der Waals surface area contributed by atoms with E-state index in [0.717, 1.165) is 17.5 Å². The highest BCUT2D eigenvalue weighted by atomic mass is 35.5. The zero-order valence-electron chi connectivity index (χ0n) is 14.6. The molecule has 1 amide bonds. The van der Waals surface area contributed by atoms with Crippen molar-refractivity contribution in [2.75, 3.05) is 5.32 Å². The fraction of sp³-hybridized carbons (Fsp3) is 0.278. The zero-order chi connectivity index (χ0) is 19.5. The van der Waals surface area contributed by atoms with Crippen LogP contribution in [-0.4, -0.2) is 20.4 Å². The Morgan fingerprint density at radius 2 is 1.88 bits per heavy atom. The molecular formula is C18H20Cl2N2O3S. The number of benzene rings is 2. The molecule has 0 saturated carbocycles. The largest absolute Gasteiger partial charge is 0.324 e. The number of amides is 1. The summed E-state index contributed by atoms with van der Waals surface area (Å²) in [6, 6.07) is 8.84. The molecule has 26 heavy (non-hydrogen) atoms. The lowest BCUT2D eigenvalue weighted by Gasteiger charge is -2.18. The van der Waals surface area contributed by atoms with Crippen molar-refractivity contribution in [2.45, 2.75) is 38.1 Å². The van der Waals surface area contributed by atoms with Crippen LogP contribution in [0.2, 0.25) is 10.0 Å². The van der Waals surface area contributed by atoms with Gasteiger partial charge in [0.2, 0.25) is 15.9 Å². The monoisotopic (exact) mass is 414 g/mol. The summed E-state index contributed by atoms with van der Waals surface area (Å²) in [5.41, 5.74) is 2.59. The molecule has 0 fully saturated rings. The molecule has 2 aromatic carbocycles. The van der Waals surface area contributed by atoms with Gasteiger partial charge in [-0.2, -0.15) is 4.72 Å². The average Bonchev–Trinajstić information content (AvgIpc) is 2.58. The van der Waals surface area contributed by atoms with Crippen molar-refractivity contribution in [3.05, 3.63) is 57.6 Å². The van der Waals surface area contributed by atoms with E-state index in [9.17, 15) is 13.2 Å². The predicted octanol–water partition coefficient (Wildman–Crippen LogP) is 4.17. The molecule has 8 heteroatoms. The zero-order valence-corrected chi connectivity index (χ0v) is 17.0. The Morgan fingerprint density at radius 3 is 2.54 bits per heavy atom. The molecule has 0 bridgehead atoms. The fourth-order valence-electron chi connectivity index (χ4n) is 2.47. The Hall–Kier alpha value is -1.60. The third kappa shape index (κ3) is 4.76. The van der Waals surface area contributed by atoms with Gasteiger partial charge in [0.25, 0.3) is 0 Å². The number of aryl methyl sites for hydroxylation is 2. The number of sulfonamides is 1. The van der Waals surface area contributed by atoms with E-state index in [2.05, 4.69) is 10.0 Å². The summed E-state index contributed by atoms with van der Waals surface area (Å²) in [6.45, 7) is 5.34. The molecule has 0 radical (unpaired) electrons. The van der Waals surface area contributed by atoms with Gasteiger partial charge in [-0.05, 0) is 49.6 Å². The summed E-state index contributed by atoms with van der Waals surface area (Å²) in [4.78, 5) is 12.3. The minimum Gasteiger partial charge on any atom is -0.324 e.